The average molecular weight is 743 g/mol. The molecule has 58 heavy (non-hydrogen) atoms. The van der Waals surface area contributed by atoms with Crippen LogP contribution < -0.4 is 0 Å². The maximum atomic E-state index is 2.32. The van der Waals surface area contributed by atoms with Crippen LogP contribution >= 0.6 is 0 Å². The molecule has 8 rings (SSSR count). The minimum atomic E-state index is 1.16. The molecular formula is C58H46. The molecule has 0 saturated heterocycles. The molecule has 278 valence electrons. The molecule has 0 spiro atoms. The fourth-order valence-electron chi connectivity index (χ4n) is 7.46. The summed E-state index contributed by atoms with van der Waals surface area (Å²) in [6.07, 6.45) is 13.5. The van der Waals surface area contributed by atoms with Crippen LogP contribution in [0.15, 0.2) is 206 Å². The smallest absolute Gasteiger partial charge is 0.0103 e. The van der Waals surface area contributed by atoms with E-state index in [0.717, 1.165) is 11.1 Å². The zero-order chi connectivity index (χ0) is 39.5. The molecule has 0 aliphatic heterocycles. The van der Waals surface area contributed by atoms with Crippen molar-refractivity contribution in [1.29, 1.82) is 0 Å². The maximum absolute atomic E-state index is 2.32. The van der Waals surface area contributed by atoms with Crippen LogP contribution in [0.3, 0.4) is 0 Å². The van der Waals surface area contributed by atoms with E-state index in [1.54, 1.807) is 0 Å². The monoisotopic (exact) mass is 742 g/mol. The Morgan fingerprint density at radius 3 is 1.00 bits per heavy atom. The Labute approximate surface area is 344 Å². The Morgan fingerprint density at radius 1 is 0.293 bits per heavy atom. The van der Waals surface area contributed by atoms with Crippen molar-refractivity contribution in [3.63, 3.8) is 0 Å². The van der Waals surface area contributed by atoms with Crippen LogP contribution in [0.4, 0.5) is 0 Å². The predicted molar refractivity (Wildman–Crippen MR) is 252 cm³/mol. The third-order valence-electron chi connectivity index (χ3n) is 10.7. The van der Waals surface area contributed by atoms with Gasteiger partial charge in [-0.25, -0.2) is 0 Å². The summed E-state index contributed by atoms with van der Waals surface area (Å²) in [5.41, 5.74) is 19.3. The number of rotatable bonds is 11. The van der Waals surface area contributed by atoms with E-state index in [9.17, 15) is 0 Å². The number of hydrogen-bond acceptors (Lipinski definition) is 0. The fraction of sp³-hybridized carbons (Fsp3) is 0.0345. The lowest BCUT2D eigenvalue weighted by Crippen LogP contribution is -1.92. The Kier molecular flexibility index (Phi) is 11.8. The van der Waals surface area contributed by atoms with Crippen LogP contribution in [0.5, 0.6) is 0 Å². The van der Waals surface area contributed by atoms with Crippen molar-refractivity contribution in [2.24, 2.45) is 0 Å². The fourth-order valence-corrected chi connectivity index (χ4v) is 7.46. The minimum absolute atomic E-state index is 1.16. The number of hydrogen-bond donors (Lipinski definition) is 0. The van der Waals surface area contributed by atoms with Crippen molar-refractivity contribution < 1.29 is 0 Å². The SMILES string of the molecule is Cc1ccccc1/C(=C/c1ccccc1C=Cc1ccc(-c2ccc(C=Cc3ccccc3/C=C(\c3ccccc3)c3ccccc3C)cc2)cc1)c1ccccc1. The van der Waals surface area contributed by atoms with Crippen molar-refractivity contribution in [2.75, 3.05) is 0 Å². The molecular weight excluding hydrogens is 697 g/mol. The number of aryl methyl sites for hydroxylation is 2. The summed E-state index contributed by atoms with van der Waals surface area (Å²) in [5.74, 6) is 0. The third kappa shape index (κ3) is 9.05. The highest BCUT2D eigenvalue weighted by molar-refractivity contribution is 5.95. The van der Waals surface area contributed by atoms with Gasteiger partial charge in [0.1, 0.15) is 0 Å². The van der Waals surface area contributed by atoms with Gasteiger partial charge >= 0.3 is 0 Å². The molecule has 0 heteroatoms. The van der Waals surface area contributed by atoms with Gasteiger partial charge in [-0.1, -0.05) is 231 Å². The summed E-state index contributed by atoms with van der Waals surface area (Å²) in [5, 5.41) is 0. The van der Waals surface area contributed by atoms with Crippen LogP contribution in [0.2, 0.25) is 0 Å². The predicted octanol–water partition coefficient (Wildman–Crippen LogP) is 15.5. The van der Waals surface area contributed by atoms with Crippen molar-refractivity contribution in [1.82, 2.24) is 0 Å². The summed E-state index contributed by atoms with van der Waals surface area (Å²) >= 11 is 0. The van der Waals surface area contributed by atoms with E-state index in [-0.39, 0.29) is 0 Å². The minimum Gasteiger partial charge on any atom is -0.0622 e. The zero-order valence-corrected chi connectivity index (χ0v) is 33.1. The molecule has 0 aliphatic rings. The van der Waals surface area contributed by atoms with Gasteiger partial charge in [-0.2, -0.15) is 0 Å². The molecule has 0 aromatic heterocycles. The summed E-state index contributed by atoms with van der Waals surface area (Å²) in [7, 11) is 0. The van der Waals surface area contributed by atoms with Gasteiger partial charge in [0.05, 0.1) is 0 Å². The van der Waals surface area contributed by atoms with Crippen LogP contribution in [0.25, 0.3) is 58.7 Å². The van der Waals surface area contributed by atoms with Crippen molar-refractivity contribution in [3.8, 4) is 11.1 Å². The molecule has 0 nitrogen and oxygen atoms in total. The molecule has 8 aromatic rings. The lowest BCUT2D eigenvalue weighted by molar-refractivity contribution is 1.42. The van der Waals surface area contributed by atoms with E-state index in [4.69, 9.17) is 0 Å². The van der Waals surface area contributed by atoms with E-state index in [1.165, 1.54) is 77.9 Å². The third-order valence-corrected chi connectivity index (χ3v) is 10.7. The van der Waals surface area contributed by atoms with Crippen molar-refractivity contribution in [2.45, 2.75) is 13.8 Å². The van der Waals surface area contributed by atoms with Crippen LogP contribution in [0.1, 0.15) is 66.8 Å². The van der Waals surface area contributed by atoms with Gasteiger partial charge in [-0.15, -0.1) is 0 Å². The zero-order valence-electron chi connectivity index (χ0n) is 33.1. The first-order chi connectivity index (χ1) is 28.6. The average Bonchev–Trinajstić information content (AvgIpc) is 3.28. The van der Waals surface area contributed by atoms with Gasteiger partial charge < -0.3 is 0 Å². The Hall–Kier alpha value is -7.28. The lowest BCUT2D eigenvalue weighted by Gasteiger charge is -2.13. The highest BCUT2D eigenvalue weighted by Gasteiger charge is 2.11. The largest absolute Gasteiger partial charge is 0.0622 e. The second-order valence-corrected chi connectivity index (χ2v) is 14.6. The topological polar surface area (TPSA) is 0 Å². The van der Waals surface area contributed by atoms with E-state index >= 15 is 0 Å². The summed E-state index contributed by atoms with van der Waals surface area (Å²) < 4.78 is 0. The molecule has 0 unspecified atom stereocenters. The Bertz CT molecular complexity index is 2550. The van der Waals surface area contributed by atoms with Crippen molar-refractivity contribution in [3.05, 3.63) is 273 Å². The normalized spacial score (nSPS) is 12.0. The van der Waals surface area contributed by atoms with Crippen molar-refractivity contribution >= 4 is 47.6 Å². The van der Waals surface area contributed by atoms with E-state index in [0.29, 0.717) is 0 Å². The molecule has 0 N–H and O–H groups in total. The standard InChI is InChI=1S/C58H46/c1-43-17-9-15-27-55(43)57(51-21-5-3-6-22-51)41-53-25-13-11-19-47(53)35-29-45-31-37-49(38-32-45)50-39-33-46(34-40-50)30-36-48-20-12-14-26-54(48)42-58(52-23-7-4-8-24-52)56-28-16-10-18-44(56)2/h3-42H,1-2H3/b35-29?,36-30?,57-41+,58-42+. The maximum Gasteiger partial charge on any atom is -0.0103 e. The highest BCUT2D eigenvalue weighted by atomic mass is 14.1. The van der Waals surface area contributed by atoms with Gasteiger partial charge in [-0.3, -0.25) is 0 Å². The van der Waals surface area contributed by atoms with Crippen LogP contribution in [-0.2, 0) is 0 Å². The molecule has 0 aliphatic carbocycles. The molecule has 0 fully saturated rings. The number of benzene rings is 8. The van der Waals surface area contributed by atoms with Crippen LogP contribution in [0, 0.1) is 13.8 Å². The van der Waals surface area contributed by atoms with E-state index in [1.807, 2.05) is 0 Å². The quantitative estimate of drug-likeness (QED) is 0.116. The Morgan fingerprint density at radius 2 is 0.621 bits per heavy atom. The lowest BCUT2D eigenvalue weighted by atomic mass is 9.91. The van der Waals surface area contributed by atoms with E-state index < -0.39 is 0 Å². The second-order valence-electron chi connectivity index (χ2n) is 14.6. The second kappa shape index (κ2) is 18.1. The van der Waals surface area contributed by atoms with Gasteiger partial charge in [0, 0.05) is 0 Å². The summed E-state index contributed by atoms with van der Waals surface area (Å²) in [6, 6.07) is 73.5. The summed E-state index contributed by atoms with van der Waals surface area (Å²) in [6.45, 7) is 4.37. The molecule has 0 bridgehead atoms. The first-order valence-corrected chi connectivity index (χ1v) is 20.0. The molecule has 0 heterocycles. The molecule has 0 saturated carbocycles. The molecule has 0 radical (unpaired) electrons. The van der Waals surface area contributed by atoms with Gasteiger partial charge in [-0.05, 0) is 115 Å². The summed E-state index contributed by atoms with van der Waals surface area (Å²) in [4.78, 5) is 0. The molecule has 8 aromatic carbocycles. The van der Waals surface area contributed by atoms with Gasteiger partial charge in [0.15, 0.2) is 0 Å². The van der Waals surface area contributed by atoms with Crippen LogP contribution in [-0.4, -0.2) is 0 Å². The molecule has 0 amide bonds. The van der Waals surface area contributed by atoms with E-state index in [2.05, 4.69) is 257 Å². The highest BCUT2D eigenvalue weighted by Crippen LogP contribution is 2.32. The molecule has 0 atom stereocenters. The van der Waals surface area contributed by atoms with Gasteiger partial charge in [0.25, 0.3) is 0 Å². The Balaban J connectivity index is 0.994. The first kappa shape index (κ1) is 37.6. The van der Waals surface area contributed by atoms with Gasteiger partial charge in [0.2, 0.25) is 0 Å². The first-order valence-electron chi connectivity index (χ1n) is 20.0.